The largest absolute Gasteiger partial charge is 0.442 e. The molecule has 0 fully saturated rings. The summed E-state index contributed by atoms with van der Waals surface area (Å²) < 4.78 is 6.86. The van der Waals surface area contributed by atoms with E-state index in [-0.39, 0.29) is 12.5 Å². The Morgan fingerprint density at radius 3 is 2.68 bits per heavy atom. The molecule has 9 heteroatoms. The fraction of sp³-hybridized carbons (Fsp3) is 0.207. The number of rotatable bonds is 4. The van der Waals surface area contributed by atoms with Crippen LogP contribution in [0.5, 0.6) is 0 Å². The Hall–Kier alpha value is -4.97. The van der Waals surface area contributed by atoms with E-state index in [2.05, 4.69) is 16.7 Å². The minimum absolute atomic E-state index is 0.135. The third-order valence-electron chi connectivity index (χ3n) is 6.23. The molecule has 1 amide bonds. The number of hydrogen-bond donors (Lipinski definition) is 1. The summed E-state index contributed by atoms with van der Waals surface area (Å²) in [6.45, 7) is 9.55. The molecule has 1 aliphatic rings. The highest BCUT2D eigenvalue weighted by molar-refractivity contribution is 6.06. The van der Waals surface area contributed by atoms with Crippen LogP contribution in [0.2, 0.25) is 0 Å². The maximum atomic E-state index is 13.1. The van der Waals surface area contributed by atoms with E-state index >= 15 is 0 Å². The van der Waals surface area contributed by atoms with Crippen LogP contribution in [0.15, 0.2) is 67.0 Å². The van der Waals surface area contributed by atoms with Crippen molar-refractivity contribution in [2.45, 2.75) is 32.9 Å². The number of nitrogen functional groups attached to an aromatic ring is 1. The Bertz CT molecular complexity index is 1660. The molecular weight excluding hydrogens is 480 g/mol. The van der Waals surface area contributed by atoms with Gasteiger partial charge in [0.25, 0.3) is 5.91 Å². The average molecular weight is 507 g/mol. The molecule has 190 valence electrons. The molecule has 9 nitrogen and oxygen atoms in total. The van der Waals surface area contributed by atoms with Gasteiger partial charge < -0.3 is 15.4 Å². The number of anilines is 1. The SMILES string of the molecule is C=C(C#N)CN1Cc2c(-c3ccc4c(c3)c(-c3cccnc3)nn4C(=O)OC(C)(C)C)ccc(N)c2C1=O. The van der Waals surface area contributed by atoms with Crippen LogP contribution in [0, 0.1) is 11.3 Å². The Morgan fingerprint density at radius 1 is 1.21 bits per heavy atom. The number of carbonyl (C=O) groups excluding carboxylic acids is 2. The van der Waals surface area contributed by atoms with Crippen molar-refractivity contribution in [1.82, 2.24) is 19.7 Å². The van der Waals surface area contributed by atoms with Gasteiger partial charge in [-0.1, -0.05) is 18.7 Å². The van der Waals surface area contributed by atoms with Gasteiger partial charge in [-0.15, -0.1) is 0 Å². The molecule has 2 aromatic carbocycles. The van der Waals surface area contributed by atoms with Crippen molar-refractivity contribution in [3.05, 3.63) is 78.1 Å². The Balaban J connectivity index is 1.66. The van der Waals surface area contributed by atoms with Crippen LogP contribution in [-0.2, 0) is 11.3 Å². The van der Waals surface area contributed by atoms with Gasteiger partial charge in [-0.3, -0.25) is 9.78 Å². The van der Waals surface area contributed by atoms with Crippen molar-refractivity contribution in [3.63, 3.8) is 0 Å². The smallest absolute Gasteiger partial charge is 0.435 e. The number of nitriles is 1. The second kappa shape index (κ2) is 9.16. The lowest BCUT2D eigenvalue weighted by atomic mass is 9.94. The Labute approximate surface area is 219 Å². The molecule has 2 N–H and O–H groups in total. The molecule has 38 heavy (non-hydrogen) atoms. The zero-order chi connectivity index (χ0) is 27.2. The lowest BCUT2D eigenvalue weighted by molar-refractivity contribution is 0.0523. The monoisotopic (exact) mass is 506 g/mol. The van der Waals surface area contributed by atoms with Crippen molar-refractivity contribution >= 4 is 28.6 Å². The number of benzene rings is 2. The number of carbonyl (C=O) groups is 2. The van der Waals surface area contributed by atoms with E-state index in [0.29, 0.717) is 34.6 Å². The van der Waals surface area contributed by atoms with Crippen molar-refractivity contribution in [3.8, 4) is 28.5 Å². The van der Waals surface area contributed by atoms with Gasteiger partial charge in [0.2, 0.25) is 0 Å². The second-order valence-corrected chi connectivity index (χ2v) is 10.1. The van der Waals surface area contributed by atoms with Crippen LogP contribution in [-0.4, -0.2) is 43.8 Å². The molecule has 0 atom stereocenters. The van der Waals surface area contributed by atoms with Gasteiger partial charge in [0.1, 0.15) is 11.3 Å². The minimum atomic E-state index is -0.691. The fourth-order valence-electron chi connectivity index (χ4n) is 4.61. The van der Waals surface area contributed by atoms with Crippen LogP contribution >= 0.6 is 0 Å². The first kappa shape index (κ1) is 24.7. The van der Waals surface area contributed by atoms with E-state index in [1.54, 1.807) is 50.2 Å². The molecule has 4 aromatic rings. The van der Waals surface area contributed by atoms with E-state index in [0.717, 1.165) is 27.6 Å². The van der Waals surface area contributed by atoms with E-state index < -0.39 is 11.7 Å². The molecule has 0 radical (unpaired) electrons. The first-order valence-electron chi connectivity index (χ1n) is 12.0. The molecule has 0 spiro atoms. The van der Waals surface area contributed by atoms with Crippen LogP contribution in [0.4, 0.5) is 10.5 Å². The molecular formula is C29H26N6O3. The highest BCUT2D eigenvalue weighted by Crippen LogP contribution is 2.38. The van der Waals surface area contributed by atoms with Crippen LogP contribution in [0.3, 0.4) is 0 Å². The first-order chi connectivity index (χ1) is 18.1. The summed E-state index contributed by atoms with van der Waals surface area (Å²) in [5, 5.41) is 14.5. The van der Waals surface area contributed by atoms with Crippen molar-refractivity contribution in [1.29, 1.82) is 5.26 Å². The summed E-state index contributed by atoms with van der Waals surface area (Å²) in [5.41, 5.74) is 11.0. The molecule has 1 aliphatic heterocycles. The maximum Gasteiger partial charge on any atom is 0.435 e. The van der Waals surface area contributed by atoms with Crippen LogP contribution < -0.4 is 5.73 Å². The van der Waals surface area contributed by atoms with E-state index in [4.69, 9.17) is 15.7 Å². The van der Waals surface area contributed by atoms with Gasteiger partial charge in [0, 0.05) is 41.1 Å². The lowest BCUT2D eigenvalue weighted by Crippen LogP contribution is -2.27. The molecule has 0 saturated carbocycles. The van der Waals surface area contributed by atoms with Gasteiger partial charge in [-0.2, -0.15) is 15.0 Å². The zero-order valence-corrected chi connectivity index (χ0v) is 21.4. The predicted molar refractivity (Wildman–Crippen MR) is 144 cm³/mol. The summed E-state index contributed by atoms with van der Waals surface area (Å²) in [5.74, 6) is -0.231. The van der Waals surface area contributed by atoms with Gasteiger partial charge in [-0.05, 0) is 67.8 Å². The Morgan fingerprint density at radius 2 is 2.00 bits per heavy atom. The predicted octanol–water partition coefficient (Wildman–Crippen LogP) is 5.17. The molecule has 5 rings (SSSR count). The number of fused-ring (bicyclic) bond motifs is 2. The van der Waals surface area contributed by atoms with Gasteiger partial charge in [0.15, 0.2) is 0 Å². The number of amides is 1. The fourth-order valence-corrected chi connectivity index (χ4v) is 4.61. The summed E-state index contributed by atoms with van der Waals surface area (Å²) in [6, 6.07) is 14.9. The molecule has 2 aromatic heterocycles. The molecule has 0 bridgehead atoms. The summed E-state index contributed by atoms with van der Waals surface area (Å²) >= 11 is 0. The number of nitrogens with two attached hydrogens (primary N) is 1. The van der Waals surface area contributed by atoms with Crippen LogP contribution in [0.25, 0.3) is 33.3 Å². The molecule has 0 unspecified atom stereocenters. The van der Waals surface area contributed by atoms with Gasteiger partial charge >= 0.3 is 6.09 Å². The number of pyridine rings is 1. The van der Waals surface area contributed by atoms with E-state index in [1.807, 2.05) is 36.4 Å². The minimum Gasteiger partial charge on any atom is -0.442 e. The Kier molecular flexibility index (Phi) is 5.96. The molecule has 0 saturated heterocycles. The number of ether oxygens (including phenoxy) is 1. The number of aromatic nitrogens is 3. The highest BCUT2D eigenvalue weighted by atomic mass is 16.6. The number of nitrogens with zero attached hydrogens (tertiary/aromatic N) is 5. The van der Waals surface area contributed by atoms with Gasteiger partial charge in [-0.25, -0.2) is 4.79 Å². The third-order valence-corrected chi connectivity index (χ3v) is 6.23. The topological polar surface area (TPSA) is 127 Å². The summed E-state index contributed by atoms with van der Waals surface area (Å²) in [6.07, 6.45) is 2.77. The van der Waals surface area contributed by atoms with Gasteiger partial charge in [0.05, 0.1) is 23.7 Å². The normalized spacial score (nSPS) is 12.9. The van der Waals surface area contributed by atoms with Crippen molar-refractivity contribution in [2.24, 2.45) is 0 Å². The highest BCUT2D eigenvalue weighted by Gasteiger charge is 2.32. The van der Waals surface area contributed by atoms with E-state index in [9.17, 15) is 9.59 Å². The second-order valence-electron chi connectivity index (χ2n) is 10.1. The standard InChI is InChI=1S/C29H26N6O3/c1-17(13-30)15-34-16-22-20(8-9-23(31)25(22)27(34)36)18-7-10-24-21(12-18)26(19-6-5-11-32-14-19)33-35(24)28(37)38-29(2,3)4/h5-12,14H,1,15-16,31H2,2-4H3. The van der Waals surface area contributed by atoms with E-state index in [1.165, 1.54) is 4.68 Å². The first-order valence-corrected chi connectivity index (χ1v) is 12.0. The quantitative estimate of drug-likeness (QED) is 0.299. The summed E-state index contributed by atoms with van der Waals surface area (Å²) in [4.78, 5) is 31.9. The van der Waals surface area contributed by atoms with Crippen molar-refractivity contribution < 1.29 is 14.3 Å². The third kappa shape index (κ3) is 4.37. The summed E-state index contributed by atoms with van der Waals surface area (Å²) in [7, 11) is 0. The molecule has 3 heterocycles. The maximum absolute atomic E-state index is 13.1. The lowest BCUT2D eigenvalue weighted by Gasteiger charge is -2.19. The molecule has 0 aliphatic carbocycles. The number of hydrogen-bond acceptors (Lipinski definition) is 7. The average Bonchev–Trinajstić information content (AvgIpc) is 3.42. The van der Waals surface area contributed by atoms with Crippen molar-refractivity contribution in [2.75, 3.05) is 12.3 Å². The zero-order valence-electron chi connectivity index (χ0n) is 21.4. The van der Waals surface area contributed by atoms with Crippen LogP contribution in [0.1, 0.15) is 36.7 Å².